The van der Waals surface area contributed by atoms with Gasteiger partial charge in [0.25, 0.3) is 7.82 Å². The van der Waals surface area contributed by atoms with Crippen LogP contribution in [0.25, 0.3) is 0 Å². The van der Waals surface area contributed by atoms with Crippen molar-refractivity contribution >= 4 is 7.82 Å². The molecule has 7 heteroatoms. The minimum Gasteiger partial charge on any atom is -0.756 e. The summed E-state index contributed by atoms with van der Waals surface area (Å²) in [4.78, 5) is 12.4. The van der Waals surface area contributed by atoms with E-state index >= 15 is 0 Å². The van der Waals surface area contributed by atoms with E-state index in [0.29, 0.717) is 17.6 Å². The van der Waals surface area contributed by atoms with Gasteiger partial charge in [0, 0.05) is 6.61 Å². The first-order valence-electron chi connectivity index (χ1n) is 21.2. The van der Waals surface area contributed by atoms with Crippen molar-refractivity contribution in [1.82, 2.24) is 0 Å². The molecule has 0 fully saturated rings. The van der Waals surface area contributed by atoms with Crippen LogP contribution >= 0.6 is 7.82 Å². The largest absolute Gasteiger partial charge is 0.756 e. The fourth-order valence-corrected chi connectivity index (χ4v) is 7.05. The van der Waals surface area contributed by atoms with Crippen LogP contribution in [0.5, 0.6) is 0 Å². The topological polar surface area (TPSA) is 67.8 Å². The van der Waals surface area contributed by atoms with Crippen molar-refractivity contribution in [3.05, 3.63) is 0 Å². The molecule has 0 amide bonds. The lowest BCUT2D eigenvalue weighted by molar-refractivity contribution is -0.870. The maximum absolute atomic E-state index is 12.4. The van der Waals surface area contributed by atoms with E-state index in [4.69, 9.17) is 13.8 Å². The summed E-state index contributed by atoms with van der Waals surface area (Å²) in [5, 5.41) is 0. The highest BCUT2D eigenvalue weighted by molar-refractivity contribution is 7.45. The Morgan fingerprint density at radius 1 is 0.479 bits per heavy atom. The summed E-state index contributed by atoms with van der Waals surface area (Å²) >= 11 is 0. The number of likely N-dealkylation sites (N-methyl/N-ethyl adjacent to an activating group) is 1. The van der Waals surface area contributed by atoms with Gasteiger partial charge >= 0.3 is 0 Å². The molecule has 0 aromatic heterocycles. The van der Waals surface area contributed by atoms with Crippen molar-refractivity contribution in [2.75, 3.05) is 47.5 Å². The molecule has 0 radical (unpaired) electrons. The zero-order chi connectivity index (χ0) is 35.4. The van der Waals surface area contributed by atoms with Gasteiger partial charge in [-0.05, 0) is 12.8 Å². The summed E-state index contributed by atoms with van der Waals surface area (Å²) in [6.45, 7) is 6.04. The predicted octanol–water partition coefficient (Wildman–Crippen LogP) is 12.7. The first kappa shape index (κ1) is 48.0. The Hall–Kier alpha value is 0.0300. The Morgan fingerprint density at radius 3 is 1.17 bits per heavy atom. The molecule has 0 N–H and O–H groups in total. The maximum Gasteiger partial charge on any atom is 0.268 e. The van der Waals surface area contributed by atoms with Crippen molar-refractivity contribution in [3.8, 4) is 0 Å². The van der Waals surface area contributed by atoms with E-state index in [0.717, 1.165) is 19.3 Å². The molecule has 2 unspecified atom stereocenters. The van der Waals surface area contributed by atoms with E-state index in [1.54, 1.807) is 0 Å². The van der Waals surface area contributed by atoms with Gasteiger partial charge in [-0.3, -0.25) is 4.57 Å². The van der Waals surface area contributed by atoms with Crippen molar-refractivity contribution in [2.24, 2.45) is 0 Å². The molecule has 0 spiro atoms. The predicted molar refractivity (Wildman–Crippen MR) is 207 cm³/mol. The molecular formula is C41H86NO5P. The molecule has 48 heavy (non-hydrogen) atoms. The second-order valence-electron chi connectivity index (χ2n) is 15.8. The maximum atomic E-state index is 12.4. The van der Waals surface area contributed by atoms with Crippen LogP contribution in [-0.4, -0.2) is 58.1 Å². The van der Waals surface area contributed by atoms with E-state index in [1.165, 1.54) is 180 Å². The van der Waals surface area contributed by atoms with Gasteiger partial charge in [0.05, 0.1) is 33.9 Å². The van der Waals surface area contributed by atoms with Crippen molar-refractivity contribution < 1.29 is 27.7 Å². The zero-order valence-corrected chi connectivity index (χ0v) is 34.2. The second-order valence-corrected chi connectivity index (χ2v) is 17.2. The third-order valence-corrected chi connectivity index (χ3v) is 10.6. The Labute approximate surface area is 301 Å². The first-order chi connectivity index (χ1) is 23.2. The number of ether oxygens (including phenoxy) is 1. The van der Waals surface area contributed by atoms with Crippen molar-refractivity contribution in [2.45, 2.75) is 219 Å². The molecule has 0 aliphatic carbocycles. The fraction of sp³-hybridized carbons (Fsp3) is 1.00. The van der Waals surface area contributed by atoms with Gasteiger partial charge in [-0.1, -0.05) is 200 Å². The highest BCUT2D eigenvalue weighted by Gasteiger charge is 2.17. The summed E-state index contributed by atoms with van der Waals surface area (Å²) in [6.07, 6.45) is 40.9. The SMILES string of the molecule is CCCCCCCCCCCCCCCCCCC(COP(=O)([O-])OCC[N+](C)(C)C)OCCCCCCCCCCCCCCCC. The Bertz CT molecular complexity index is 686. The quantitative estimate of drug-likeness (QED) is 0.0361. The number of phosphoric ester groups is 1. The van der Waals surface area contributed by atoms with Crippen LogP contribution in [0.15, 0.2) is 0 Å². The van der Waals surface area contributed by atoms with Crippen molar-refractivity contribution in [3.63, 3.8) is 0 Å². The van der Waals surface area contributed by atoms with Gasteiger partial charge in [-0.2, -0.15) is 0 Å². The van der Waals surface area contributed by atoms with E-state index in [1.807, 2.05) is 21.1 Å². The first-order valence-corrected chi connectivity index (χ1v) is 22.7. The normalized spacial score (nSPS) is 14.0. The number of unbranched alkanes of at least 4 members (excludes halogenated alkanes) is 28. The lowest BCUT2D eigenvalue weighted by Gasteiger charge is -2.28. The molecule has 290 valence electrons. The number of rotatable bonds is 40. The molecule has 2 atom stereocenters. The van der Waals surface area contributed by atoms with Gasteiger partial charge in [-0.15, -0.1) is 0 Å². The van der Waals surface area contributed by atoms with Crippen molar-refractivity contribution in [1.29, 1.82) is 0 Å². The molecule has 6 nitrogen and oxygen atoms in total. The molecule has 0 saturated carbocycles. The summed E-state index contributed by atoms with van der Waals surface area (Å²) in [7, 11) is 1.72. The van der Waals surface area contributed by atoms with Crippen LogP contribution < -0.4 is 4.89 Å². The van der Waals surface area contributed by atoms with Crippen LogP contribution in [-0.2, 0) is 18.3 Å². The molecule has 0 bridgehead atoms. The molecule has 0 aromatic rings. The minimum atomic E-state index is -4.32. The van der Waals surface area contributed by atoms with Gasteiger partial charge in [0.2, 0.25) is 0 Å². The van der Waals surface area contributed by atoms with Crippen LogP contribution in [0, 0.1) is 0 Å². The van der Waals surface area contributed by atoms with Crippen LogP contribution in [0.3, 0.4) is 0 Å². The molecule has 0 saturated heterocycles. The molecule has 0 rings (SSSR count). The highest BCUT2D eigenvalue weighted by atomic mass is 31.2. The van der Waals surface area contributed by atoms with Gasteiger partial charge in [-0.25, -0.2) is 0 Å². The molecule has 0 aliphatic heterocycles. The zero-order valence-electron chi connectivity index (χ0n) is 33.3. The molecule has 0 heterocycles. The number of hydrogen-bond acceptors (Lipinski definition) is 5. The van der Waals surface area contributed by atoms with Gasteiger partial charge in [0.15, 0.2) is 0 Å². The second kappa shape index (κ2) is 35.4. The Morgan fingerprint density at radius 2 is 0.812 bits per heavy atom. The Kier molecular flexibility index (Phi) is 35.5. The van der Waals surface area contributed by atoms with E-state index < -0.39 is 7.82 Å². The van der Waals surface area contributed by atoms with Crippen LogP contribution in [0.2, 0.25) is 0 Å². The van der Waals surface area contributed by atoms with Gasteiger partial charge < -0.3 is 23.2 Å². The molecular weight excluding hydrogens is 617 g/mol. The monoisotopic (exact) mass is 704 g/mol. The summed E-state index contributed by atoms with van der Waals surface area (Å²) < 4.78 is 29.6. The average molecular weight is 704 g/mol. The van der Waals surface area contributed by atoms with E-state index in [2.05, 4.69) is 13.8 Å². The van der Waals surface area contributed by atoms with E-state index in [-0.39, 0.29) is 19.3 Å². The minimum absolute atomic E-state index is 0.0580. The number of phosphoric acid groups is 1. The lowest BCUT2D eigenvalue weighted by Crippen LogP contribution is -2.37. The third kappa shape index (κ3) is 38.8. The number of nitrogens with zero attached hydrogens (tertiary/aromatic N) is 1. The Balaban J connectivity index is 4.08. The lowest BCUT2D eigenvalue weighted by atomic mass is 10.0. The third-order valence-electron chi connectivity index (χ3n) is 9.66. The fourth-order valence-electron chi connectivity index (χ4n) is 6.32. The summed E-state index contributed by atoms with van der Waals surface area (Å²) in [5.74, 6) is 0. The standard InChI is InChI=1S/C41H86NO5P/c1-6-8-10-12-14-16-18-20-22-23-24-26-28-30-32-34-36-41(40-47-48(43,44)46-39-37-42(3,4)5)45-38-35-33-31-29-27-25-21-19-17-15-13-11-9-7-2/h41H,6-40H2,1-5H3. The average Bonchev–Trinajstić information content (AvgIpc) is 3.04. The van der Waals surface area contributed by atoms with E-state index in [9.17, 15) is 9.46 Å². The highest BCUT2D eigenvalue weighted by Crippen LogP contribution is 2.38. The summed E-state index contributed by atoms with van der Waals surface area (Å²) in [6, 6.07) is 0. The smallest absolute Gasteiger partial charge is 0.268 e. The van der Waals surface area contributed by atoms with Gasteiger partial charge in [0.1, 0.15) is 13.2 Å². The molecule has 0 aliphatic rings. The summed E-state index contributed by atoms with van der Waals surface area (Å²) in [5.41, 5.74) is 0. The van der Waals surface area contributed by atoms with Crippen LogP contribution in [0.1, 0.15) is 213 Å². The van der Waals surface area contributed by atoms with Crippen LogP contribution in [0.4, 0.5) is 0 Å². The molecule has 0 aromatic carbocycles. The number of hydrogen-bond donors (Lipinski definition) is 0. The number of quaternary nitrogens is 1.